The molecule has 1 fully saturated rings. The van der Waals surface area contributed by atoms with Gasteiger partial charge in [0.05, 0.1) is 7.11 Å². The molecule has 0 aliphatic heterocycles. The predicted octanol–water partition coefficient (Wildman–Crippen LogP) is 5.93. The highest BCUT2D eigenvalue weighted by molar-refractivity contribution is 5.60. The maximum atomic E-state index is 10.5. The smallest absolute Gasteiger partial charge is 0.438 e. The summed E-state index contributed by atoms with van der Waals surface area (Å²) in [7, 11) is 1.28. The monoisotopic (exact) mass is 340 g/mol. The molecule has 0 N–H and O–H groups in total. The summed E-state index contributed by atoms with van der Waals surface area (Å²) in [6, 6.07) is 20.6. The molecule has 0 bridgehead atoms. The summed E-state index contributed by atoms with van der Waals surface area (Å²) < 4.78 is 8.97. The summed E-state index contributed by atoms with van der Waals surface area (Å²) >= 11 is 0. The third kappa shape index (κ3) is 7.71. The Balaban J connectivity index is 0.000000251. The average molecular weight is 340 g/mol. The van der Waals surface area contributed by atoms with Gasteiger partial charge in [-0.05, 0) is 35.5 Å². The van der Waals surface area contributed by atoms with Crippen LogP contribution < -0.4 is 0 Å². The highest BCUT2D eigenvalue weighted by atomic mass is 16.7. The zero-order valence-corrected chi connectivity index (χ0v) is 14.2. The van der Waals surface area contributed by atoms with Gasteiger partial charge < -0.3 is 9.47 Å². The zero-order chi connectivity index (χ0) is 17.2. The van der Waals surface area contributed by atoms with E-state index in [1.807, 2.05) is 36.4 Å². The van der Waals surface area contributed by atoms with E-state index in [1.165, 1.54) is 19.1 Å². The van der Waals surface area contributed by atoms with Crippen molar-refractivity contribution in [1.82, 2.24) is 0 Å². The average Bonchev–Trinajstić information content (AvgIpc) is 3.37. The Hall–Kier alpha value is -2.55. The van der Waals surface area contributed by atoms with Crippen molar-refractivity contribution in [2.45, 2.75) is 26.7 Å². The van der Waals surface area contributed by atoms with Gasteiger partial charge in [0.25, 0.3) is 0 Å². The topological polar surface area (TPSA) is 35.5 Å². The highest BCUT2D eigenvalue weighted by Gasteiger charge is 2.33. The van der Waals surface area contributed by atoms with E-state index in [4.69, 9.17) is 0 Å². The van der Waals surface area contributed by atoms with Gasteiger partial charge in [0.2, 0.25) is 0 Å². The molecule has 134 valence electrons. The largest absolute Gasteiger partial charge is 0.508 e. The lowest BCUT2D eigenvalue weighted by Gasteiger charge is -1.97. The second-order valence-corrected chi connectivity index (χ2v) is 5.81. The minimum Gasteiger partial charge on any atom is -0.438 e. The maximum Gasteiger partial charge on any atom is 0.508 e. The Morgan fingerprint density at radius 3 is 2.16 bits per heavy atom. The standard InChI is InChI=1S/C11H12O3.C10H12.CH4/c1-13-11(12)14-9-5-8-10-6-3-2-4-7-10;1-8-7-10(8)9-5-3-2-4-6-9;/h2-8H,9H2,1H3;2-6,8,10H,7H2,1H3;1H4/b8-5+;;. The van der Waals surface area contributed by atoms with E-state index in [1.54, 1.807) is 6.08 Å². The summed E-state index contributed by atoms with van der Waals surface area (Å²) in [4.78, 5) is 10.5. The third-order valence-electron chi connectivity index (χ3n) is 3.91. The van der Waals surface area contributed by atoms with Crippen LogP contribution in [0.15, 0.2) is 66.7 Å². The van der Waals surface area contributed by atoms with Crippen LogP contribution >= 0.6 is 0 Å². The lowest BCUT2D eigenvalue weighted by atomic mass is 10.1. The summed E-state index contributed by atoms with van der Waals surface area (Å²) in [5.41, 5.74) is 2.59. The van der Waals surface area contributed by atoms with E-state index in [2.05, 4.69) is 46.7 Å². The first kappa shape index (κ1) is 20.5. The second kappa shape index (κ2) is 11.1. The van der Waals surface area contributed by atoms with Gasteiger partial charge in [-0.3, -0.25) is 0 Å². The predicted molar refractivity (Wildman–Crippen MR) is 104 cm³/mol. The molecule has 1 aliphatic carbocycles. The molecule has 0 heterocycles. The van der Waals surface area contributed by atoms with E-state index >= 15 is 0 Å². The minimum atomic E-state index is -0.664. The molecular weight excluding hydrogens is 312 g/mol. The van der Waals surface area contributed by atoms with Gasteiger partial charge in [-0.25, -0.2) is 4.79 Å². The Morgan fingerprint density at radius 1 is 1.08 bits per heavy atom. The molecule has 2 atom stereocenters. The molecule has 25 heavy (non-hydrogen) atoms. The summed E-state index contributed by atoms with van der Waals surface area (Å²) in [6.45, 7) is 2.54. The number of methoxy groups -OCH3 is 1. The van der Waals surface area contributed by atoms with Gasteiger partial charge >= 0.3 is 6.16 Å². The molecule has 2 unspecified atom stereocenters. The van der Waals surface area contributed by atoms with Crippen LogP contribution in [0.2, 0.25) is 0 Å². The van der Waals surface area contributed by atoms with Crippen LogP contribution in [0, 0.1) is 5.92 Å². The second-order valence-electron chi connectivity index (χ2n) is 5.81. The molecule has 3 nitrogen and oxygen atoms in total. The Morgan fingerprint density at radius 2 is 1.64 bits per heavy atom. The van der Waals surface area contributed by atoms with Crippen LogP contribution in [0.5, 0.6) is 0 Å². The molecule has 1 saturated carbocycles. The number of rotatable bonds is 4. The first-order valence-electron chi connectivity index (χ1n) is 8.18. The van der Waals surface area contributed by atoms with E-state index < -0.39 is 6.16 Å². The molecular formula is C22H28O3. The molecule has 2 aromatic rings. The fraction of sp³-hybridized carbons (Fsp3) is 0.318. The van der Waals surface area contributed by atoms with Crippen LogP contribution in [0.25, 0.3) is 6.08 Å². The van der Waals surface area contributed by atoms with Gasteiger partial charge in [-0.1, -0.05) is 81.1 Å². The van der Waals surface area contributed by atoms with E-state index in [0.29, 0.717) is 0 Å². The third-order valence-corrected chi connectivity index (χ3v) is 3.91. The molecule has 0 spiro atoms. The molecule has 0 amide bonds. The normalized spacial score (nSPS) is 17.7. The van der Waals surface area contributed by atoms with Gasteiger partial charge in [0, 0.05) is 0 Å². The molecule has 0 aromatic heterocycles. The van der Waals surface area contributed by atoms with Crippen molar-refractivity contribution in [2.24, 2.45) is 5.92 Å². The zero-order valence-electron chi connectivity index (χ0n) is 14.2. The molecule has 1 aliphatic rings. The Bertz CT molecular complexity index is 635. The van der Waals surface area contributed by atoms with Crippen molar-refractivity contribution >= 4 is 12.2 Å². The number of carbonyl (C=O) groups is 1. The first-order chi connectivity index (χ1) is 11.7. The van der Waals surface area contributed by atoms with Gasteiger partial charge in [-0.15, -0.1) is 0 Å². The fourth-order valence-corrected chi connectivity index (χ4v) is 2.41. The fourth-order valence-electron chi connectivity index (χ4n) is 2.41. The van der Waals surface area contributed by atoms with Crippen molar-refractivity contribution in [1.29, 1.82) is 0 Å². The lowest BCUT2D eigenvalue weighted by molar-refractivity contribution is 0.0819. The van der Waals surface area contributed by atoms with Crippen LogP contribution in [0.4, 0.5) is 4.79 Å². The van der Waals surface area contributed by atoms with E-state index in [9.17, 15) is 4.79 Å². The molecule has 2 aromatic carbocycles. The Labute approximate surface area is 151 Å². The van der Waals surface area contributed by atoms with Crippen LogP contribution in [0.3, 0.4) is 0 Å². The van der Waals surface area contributed by atoms with Gasteiger partial charge in [0.1, 0.15) is 6.61 Å². The van der Waals surface area contributed by atoms with Crippen LogP contribution in [-0.4, -0.2) is 19.9 Å². The first-order valence-corrected chi connectivity index (χ1v) is 8.18. The van der Waals surface area contributed by atoms with Crippen LogP contribution in [0.1, 0.15) is 37.8 Å². The van der Waals surface area contributed by atoms with Crippen molar-refractivity contribution in [2.75, 3.05) is 13.7 Å². The lowest BCUT2D eigenvalue weighted by Crippen LogP contribution is -2.03. The van der Waals surface area contributed by atoms with E-state index in [0.717, 1.165) is 17.4 Å². The molecule has 0 saturated heterocycles. The number of ether oxygens (including phenoxy) is 2. The van der Waals surface area contributed by atoms with Crippen molar-refractivity contribution in [3.8, 4) is 0 Å². The quantitative estimate of drug-likeness (QED) is 0.647. The maximum absolute atomic E-state index is 10.5. The summed E-state index contributed by atoms with van der Waals surface area (Å²) in [5.74, 6) is 1.81. The molecule has 3 rings (SSSR count). The minimum absolute atomic E-state index is 0. The van der Waals surface area contributed by atoms with Crippen molar-refractivity contribution < 1.29 is 14.3 Å². The Kier molecular flexibility index (Phi) is 9.09. The number of carbonyl (C=O) groups excluding carboxylic acids is 1. The number of hydrogen-bond acceptors (Lipinski definition) is 3. The summed E-state index contributed by atoms with van der Waals surface area (Å²) in [6.07, 6.45) is 4.36. The SMILES string of the molecule is C.CC1CC1c1ccccc1.COC(=O)OC/C=C/c1ccccc1. The van der Waals surface area contributed by atoms with Crippen LogP contribution in [-0.2, 0) is 9.47 Å². The van der Waals surface area contributed by atoms with Crippen molar-refractivity contribution in [3.05, 3.63) is 77.9 Å². The van der Waals surface area contributed by atoms with Crippen molar-refractivity contribution in [3.63, 3.8) is 0 Å². The number of benzene rings is 2. The molecule has 0 radical (unpaired) electrons. The highest BCUT2D eigenvalue weighted by Crippen LogP contribution is 2.46. The summed E-state index contributed by atoms with van der Waals surface area (Å²) in [5, 5.41) is 0. The molecule has 3 heteroatoms. The van der Waals surface area contributed by atoms with E-state index in [-0.39, 0.29) is 14.0 Å². The van der Waals surface area contributed by atoms with Gasteiger partial charge in [0.15, 0.2) is 0 Å². The van der Waals surface area contributed by atoms with Gasteiger partial charge in [-0.2, -0.15) is 0 Å². The number of hydrogen-bond donors (Lipinski definition) is 0.